The summed E-state index contributed by atoms with van der Waals surface area (Å²) in [5.74, 6) is -2.82. The van der Waals surface area contributed by atoms with Gasteiger partial charge in [-0.05, 0) is 18.6 Å². The highest BCUT2D eigenvalue weighted by Gasteiger charge is 2.14. The zero-order valence-corrected chi connectivity index (χ0v) is 4.46. The van der Waals surface area contributed by atoms with Crippen molar-refractivity contribution in [3.63, 3.8) is 0 Å². The lowest BCUT2D eigenvalue weighted by Gasteiger charge is -2.21. The Kier molecular flexibility index (Phi) is 0.266. The summed E-state index contributed by atoms with van der Waals surface area (Å²) in [7, 11) is 0. The van der Waals surface area contributed by atoms with Crippen LogP contribution in [0.25, 0.3) is 0 Å². The van der Waals surface area contributed by atoms with Crippen LogP contribution in [0, 0.1) is 5.89 Å². The lowest BCUT2D eigenvalue weighted by Crippen LogP contribution is -2.11. The number of halogens is 1. The molecule has 0 spiro atoms. The van der Waals surface area contributed by atoms with Gasteiger partial charge in [0.1, 0.15) is 0 Å². The van der Waals surface area contributed by atoms with Gasteiger partial charge in [0.15, 0.2) is 0 Å². The first kappa shape index (κ1) is 0.812. The predicted octanol–water partition coefficient (Wildman–Crippen LogP) is 2.18. The van der Waals surface area contributed by atoms with Crippen LogP contribution in [0.1, 0.15) is 31.5 Å². The maximum absolute atomic E-state index is 7.56. The summed E-state index contributed by atoms with van der Waals surface area (Å²) in [4.78, 5) is 0. The highest BCUT2D eigenvalue weighted by Crippen LogP contribution is 2.27. The minimum Gasteiger partial charge on any atom is -0.0925 e. The molecule has 1 aliphatic carbocycles. The van der Waals surface area contributed by atoms with Gasteiger partial charge in [0.25, 0.3) is 0 Å². The highest BCUT2D eigenvalue weighted by molar-refractivity contribution is 9.09. The van der Waals surface area contributed by atoms with Crippen LogP contribution in [0.5, 0.6) is 0 Å². The Balaban J connectivity index is 3.36. The fraction of sp³-hybridized carbons (Fsp3) is 1.00. The molecule has 6 heavy (non-hydrogen) atoms. The second-order valence-electron chi connectivity index (χ2n) is 0.844. The Morgan fingerprint density at radius 2 is 2.83 bits per heavy atom. The van der Waals surface area contributed by atoms with E-state index < -0.39 is 30.3 Å². The van der Waals surface area contributed by atoms with E-state index in [-0.39, 0.29) is 0 Å². The van der Waals surface area contributed by atoms with E-state index in [9.17, 15) is 0 Å². The number of hydrogen-bond acceptors (Lipinski definition) is 0. The molecule has 0 aromatic rings. The molecule has 0 amide bonds. The van der Waals surface area contributed by atoms with Crippen molar-refractivity contribution in [1.29, 1.82) is 0 Å². The molecule has 1 rings (SSSR count). The van der Waals surface area contributed by atoms with Gasteiger partial charge < -0.3 is 0 Å². The predicted molar refractivity (Wildman–Crippen MR) is 31.1 cm³/mol. The first-order valence-corrected chi connectivity index (χ1v) is 2.23. The molecular formula is C5H9Br. The molecule has 1 fully saturated rings. The van der Waals surface area contributed by atoms with Crippen LogP contribution in [0.4, 0.5) is 0 Å². The van der Waals surface area contributed by atoms with E-state index in [1.807, 2.05) is 0 Å². The molecule has 0 aliphatic heterocycles. The van der Waals surface area contributed by atoms with Crippen LogP contribution in [-0.4, -0.2) is 5.28 Å². The Morgan fingerprint density at radius 1 is 2.17 bits per heavy atom. The Morgan fingerprint density at radius 3 is 3.17 bits per heavy atom. The van der Waals surface area contributed by atoms with E-state index >= 15 is 0 Å². The molecule has 0 atom stereocenters. The molecule has 0 unspecified atom stereocenters. The summed E-state index contributed by atoms with van der Waals surface area (Å²) >= 11 is 2.41. The molecule has 36 valence electrons. The monoisotopic (exact) mass is 157 g/mol. The molecule has 1 saturated carbocycles. The maximum Gasteiger partial charge on any atom is 0.0389 e. The largest absolute Gasteiger partial charge is 0.0925 e. The van der Waals surface area contributed by atoms with E-state index in [1.165, 1.54) is 0 Å². The van der Waals surface area contributed by atoms with Crippen molar-refractivity contribution in [2.75, 3.05) is 5.28 Å². The van der Waals surface area contributed by atoms with E-state index in [1.54, 1.807) is 0 Å². The summed E-state index contributed by atoms with van der Waals surface area (Å²) in [6.45, 7) is 0. The maximum atomic E-state index is 7.56. The molecule has 1 aliphatic rings. The standard InChI is InChI=1S/C5H9Br/c6-4-5-2-1-3-5/h5H,1-4H2/i1D2,2D2,3D2,4D2,5D. The number of alkyl halides is 1. The lowest BCUT2D eigenvalue weighted by molar-refractivity contribution is 0.355. The quantitative estimate of drug-likeness (QED) is 0.513. The molecule has 0 saturated heterocycles. The lowest BCUT2D eigenvalue weighted by atomic mass is 9.88. The van der Waals surface area contributed by atoms with E-state index in [0.717, 1.165) is 0 Å². The third kappa shape index (κ3) is 0.754. The van der Waals surface area contributed by atoms with Crippen LogP contribution in [-0.2, 0) is 0 Å². The molecule has 1 heteroatoms. The third-order valence-electron chi connectivity index (χ3n) is 0.469. The van der Waals surface area contributed by atoms with Crippen LogP contribution in [0.15, 0.2) is 0 Å². The van der Waals surface area contributed by atoms with E-state index in [0.29, 0.717) is 0 Å². The Bertz CT molecular complexity index is 271. The van der Waals surface area contributed by atoms with Crippen molar-refractivity contribution in [3.05, 3.63) is 0 Å². The summed E-state index contributed by atoms with van der Waals surface area (Å²) in [6, 6.07) is 0. The van der Waals surface area contributed by atoms with Gasteiger partial charge in [0.05, 0.1) is 0 Å². The summed E-state index contributed by atoms with van der Waals surface area (Å²) < 4.78 is 65.8. The molecule has 0 bridgehead atoms. The Labute approximate surface area is 59.7 Å². The molecule has 0 heterocycles. The summed E-state index contributed by atoms with van der Waals surface area (Å²) in [5.41, 5.74) is 0. The van der Waals surface area contributed by atoms with Crippen molar-refractivity contribution in [1.82, 2.24) is 0 Å². The fourth-order valence-corrected chi connectivity index (χ4v) is 0.370. The van der Waals surface area contributed by atoms with Crippen LogP contribution < -0.4 is 0 Å². The minimum atomic E-state index is -2.91. The fourth-order valence-electron chi connectivity index (χ4n) is 0.172. The van der Waals surface area contributed by atoms with Crippen LogP contribution in [0.3, 0.4) is 0 Å². The smallest absolute Gasteiger partial charge is 0.0389 e. The second kappa shape index (κ2) is 1.97. The molecule has 0 aromatic carbocycles. The molecule has 0 radical (unpaired) electrons. The van der Waals surface area contributed by atoms with Crippen LogP contribution >= 0.6 is 15.9 Å². The van der Waals surface area contributed by atoms with Crippen molar-refractivity contribution in [2.24, 2.45) is 5.89 Å². The van der Waals surface area contributed by atoms with Gasteiger partial charge in [0.2, 0.25) is 0 Å². The minimum absolute atomic E-state index is 2.41. The highest BCUT2D eigenvalue weighted by atomic mass is 79.9. The van der Waals surface area contributed by atoms with Gasteiger partial charge in [0, 0.05) is 17.6 Å². The number of rotatable bonds is 1. The van der Waals surface area contributed by atoms with Crippen LogP contribution in [0.2, 0.25) is 0 Å². The topological polar surface area (TPSA) is 0 Å². The van der Waals surface area contributed by atoms with E-state index in [2.05, 4.69) is 15.9 Å². The van der Waals surface area contributed by atoms with Crippen molar-refractivity contribution in [2.45, 2.75) is 19.1 Å². The SMILES string of the molecule is [2H]C([2H])(Br)C1([2H])C([2H])([2H])C([2H])([2H])C1([2H])[2H]. The summed E-state index contributed by atoms with van der Waals surface area (Å²) in [5, 5.41) is -2.65. The number of hydrogen-bond donors (Lipinski definition) is 0. The molecular weight excluding hydrogens is 140 g/mol. The average Bonchev–Trinajstić information content (AvgIpc) is 1.98. The first-order chi connectivity index (χ1) is 6.25. The zero-order chi connectivity index (χ0) is 12.5. The van der Waals surface area contributed by atoms with Crippen molar-refractivity contribution < 1.29 is 12.3 Å². The van der Waals surface area contributed by atoms with Crippen molar-refractivity contribution >= 4 is 15.9 Å². The zero-order valence-electron chi connectivity index (χ0n) is 11.9. The van der Waals surface area contributed by atoms with Gasteiger partial charge in [-0.3, -0.25) is 0 Å². The normalized spacial score (nSPS) is 78.5. The third-order valence-corrected chi connectivity index (χ3v) is 0.866. The Hall–Kier alpha value is 0.480. The van der Waals surface area contributed by atoms with Gasteiger partial charge in [-0.15, -0.1) is 0 Å². The average molecular weight is 158 g/mol. The van der Waals surface area contributed by atoms with Crippen molar-refractivity contribution in [3.8, 4) is 0 Å². The summed E-state index contributed by atoms with van der Waals surface area (Å²) in [6.07, 6.45) is -8.70. The molecule has 0 N–H and O–H groups in total. The van der Waals surface area contributed by atoms with E-state index in [4.69, 9.17) is 12.3 Å². The van der Waals surface area contributed by atoms with Gasteiger partial charge in [-0.1, -0.05) is 22.3 Å². The molecule has 0 nitrogen and oxygen atoms in total. The first-order valence-electron chi connectivity index (χ1n) is 5.94. The van der Waals surface area contributed by atoms with Gasteiger partial charge >= 0.3 is 0 Å². The van der Waals surface area contributed by atoms with Gasteiger partial charge in [-0.2, -0.15) is 0 Å². The van der Waals surface area contributed by atoms with Gasteiger partial charge in [-0.25, -0.2) is 0 Å². The second-order valence-corrected chi connectivity index (χ2v) is 1.24. The molecule has 0 aromatic heterocycles.